The highest BCUT2D eigenvalue weighted by Gasteiger charge is 2.31. The number of carbonyl (C=O) groups excluding carboxylic acids is 2. The second-order valence-corrected chi connectivity index (χ2v) is 10.2. The van der Waals surface area contributed by atoms with Gasteiger partial charge in [-0.05, 0) is 51.8 Å². The van der Waals surface area contributed by atoms with Gasteiger partial charge >= 0.3 is 0 Å². The van der Waals surface area contributed by atoms with Crippen molar-refractivity contribution in [2.75, 3.05) is 30.3 Å². The average molecular weight is 490 g/mol. The number of amides is 2. The molecule has 0 saturated heterocycles. The van der Waals surface area contributed by atoms with Crippen molar-refractivity contribution in [3.63, 3.8) is 0 Å². The predicted molar refractivity (Wildman–Crippen MR) is 134 cm³/mol. The standard InChI is InChI=1S/C25H35N3O5S/c1-6-33-23-15-11-10-14-22(23)28(34(5,31)32)18-24(29)27(20(4)25(30)26-19(2)3)17-16-21-12-8-7-9-13-21/h7-15,19-20H,6,16-18H2,1-5H3,(H,26,30)/t20-/m1/s1. The molecule has 186 valence electrons. The van der Waals surface area contributed by atoms with E-state index in [0.717, 1.165) is 16.1 Å². The first-order chi connectivity index (χ1) is 16.0. The Morgan fingerprint density at radius 2 is 1.62 bits per heavy atom. The lowest BCUT2D eigenvalue weighted by atomic mass is 10.1. The number of rotatable bonds is 12. The number of nitrogens with zero attached hydrogens (tertiary/aromatic N) is 2. The van der Waals surface area contributed by atoms with Crippen molar-refractivity contribution >= 4 is 27.5 Å². The maximum absolute atomic E-state index is 13.5. The van der Waals surface area contributed by atoms with Gasteiger partial charge in [0.15, 0.2) is 0 Å². The van der Waals surface area contributed by atoms with Crippen LogP contribution in [0, 0.1) is 0 Å². The van der Waals surface area contributed by atoms with E-state index in [0.29, 0.717) is 18.8 Å². The molecule has 8 nitrogen and oxygen atoms in total. The number of nitrogens with one attached hydrogen (secondary N) is 1. The summed E-state index contributed by atoms with van der Waals surface area (Å²) < 4.78 is 32.0. The lowest BCUT2D eigenvalue weighted by molar-refractivity contribution is -0.139. The predicted octanol–water partition coefficient (Wildman–Crippen LogP) is 2.84. The van der Waals surface area contributed by atoms with Crippen LogP contribution in [0.1, 0.15) is 33.3 Å². The molecular formula is C25H35N3O5S. The Balaban J connectivity index is 2.36. The van der Waals surface area contributed by atoms with Crippen LogP contribution in [-0.2, 0) is 26.0 Å². The lowest BCUT2D eigenvalue weighted by Gasteiger charge is -2.32. The molecular weight excluding hydrogens is 454 g/mol. The number of anilines is 1. The molecule has 0 aliphatic carbocycles. The molecule has 9 heteroatoms. The van der Waals surface area contributed by atoms with Crippen LogP contribution in [-0.4, -0.2) is 63.2 Å². The van der Waals surface area contributed by atoms with Crippen molar-refractivity contribution in [2.45, 2.75) is 46.2 Å². The normalized spacial score (nSPS) is 12.2. The summed E-state index contributed by atoms with van der Waals surface area (Å²) in [5.74, 6) is -0.402. The van der Waals surface area contributed by atoms with Crippen LogP contribution in [0.3, 0.4) is 0 Å². The second-order valence-electron chi connectivity index (χ2n) is 8.33. The van der Waals surface area contributed by atoms with Crippen LogP contribution in [0.25, 0.3) is 0 Å². The monoisotopic (exact) mass is 489 g/mol. The molecule has 0 fully saturated rings. The van der Waals surface area contributed by atoms with Gasteiger partial charge in [0.2, 0.25) is 21.8 Å². The van der Waals surface area contributed by atoms with E-state index in [1.54, 1.807) is 38.1 Å². The topological polar surface area (TPSA) is 96.0 Å². The maximum atomic E-state index is 13.5. The van der Waals surface area contributed by atoms with Gasteiger partial charge in [0.25, 0.3) is 0 Å². The lowest BCUT2D eigenvalue weighted by Crippen LogP contribution is -2.53. The quantitative estimate of drug-likeness (QED) is 0.495. The highest BCUT2D eigenvalue weighted by molar-refractivity contribution is 7.92. The fraction of sp³-hybridized carbons (Fsp3) is 0.440. The Bertz CT molecular complexity index is 1060. The second kappa shape index (κ2) is 12.4. The average Bonchev–Trinajstić information content (AvgIpc) is 2.77. The third-order valence-corrected chi connectivity index (χ3v) is 6.32. The van der Waals surface area contributed by atoms with E-state index < -0.39 is 28.5 Å². The first-order valence-electron chi connectivity index (χ1n) is 11.4. The number of carbonyl (C=O) groups is 2. The number of sulfonamides is 1. The smallest absolute Gasteiger partial charge is 0.244 e. The maximum Gasteiger partial charge on any atom is 0.244 e. The Morgan fingerprint density at radius 3 is 2.21 bits per heavy atom. The van der Waals surface area contributed by atoms with E-state index in [1.807, 2.05) is 44.2 Å². The zero-order valence-electron chi connectivity index (χ0n) is 20.5. The zero-order chi connectivity index (χ0) is 25.3. The highest BCUT2D eigenvalue weighted by atomic mass is 32.2. The van der Waals surface area contributed by atoms with Gasteiger partial charge < -0.3 is 15.0 Å². The van der Waals surface area contributed by atoms with Gasteiger partial charge in [-0.25, -0.2) is 8.42 Å². The molecule has 0 heterocycles. The van der Waals surface area contributed by atoms with Gasteiger partial charge in [-0.3, -0.25) is 13.9 Å². The Morgan fingerprint density at radius 1 is 1.00 bits per heavy atom. The number of ether oxygens (including phenoxy) is 1. The molecule has 1 N–H and O–H groups in total. The molecule has 2 rings (SSSR count). The summed E-state index contributed by atoms with van der Waals surface area (Å²) >= 11 is 0. The third-order valence-electron chi connectivity index (χ3n) is 5.20. The Kier molecular flexibility index (Phi) is 9.92. The molecule has 0 aliphatic heterocycles. The summed E-state index contributed by atoms with van der Waals surface area (Å²) in [6.07, 6.45) is 1.58. The molecule has 0 unspecified atom stereocenters. The van der Waals surface area contributed by atoms with Gasteiger partial charge in [-0.1, -0.05) is 42.5 Å². The third kappa shape index (κ3) is 7.76. The van der Waals surface area contributed by atoms with E-state index in [9.17, 15) is 18.0 Å². The molecule has 0 aromatic heterocycles. The molecule has 2 aromatic rings. The van der Waals surface area contributed by atoms with Gasteiger partial charge in [-0.2, -0.15) is 0 Å². The summed E-state index contributed by atoms with van der Waals surface area (Å²) in [7, 11) is -3.81. The van der Waals surface area contributed by atoms with Gasteiger partial charge in [0, 0.05) is 12.6 Å². The molecule has 34 heavy (non-hydrogen) atoms. The van der Waals surface area contributed by atoms with Crippen LogP contribution in [0.5, 0.6) is 5.75 Å². The van der Waals surface area contributed by atoms with Crippen LogP contribution in [0.4, 0.5) is 5.69 Å². The number of benzene rings is 2. The molecule has 0 aliphatic rings. The van der Waals surface area contributed by atoms with Crippen LogP contribution < -0.4 is 14.4 Å². The summed E-state index contributed by atoms with van der Waals surface area (Å²) in [4.78, 5) is 27.7. The van der Waals surface area contributed by atoms with Crippen molar-refractivity contribution in [3.8, 4) is 5.75 Å². The van der Waals surface area contributed by atoms with Gasteiger partial charge in [0.05, 0.1) is 18.6 Å². The van der Waals surface area contributed by atoms with E-state index in [-0.39, 0.29) is 24.2 Å². The van der Waals surface area contributed by atoms with Crippen molar-refractivity contribution < 1.29 is 22.7 Å². The molecule has 0 bridgehead atoms. The molecule has 0 spiro atoms. The minimum absolute atomic E-state index is 0.0911. The van der Waals surface area contributed by atoms with E-state index in [2.05, 4.69) is 5.32 Å². The summed E-state index contributed by atoms with van der Waals surface area (Å²) in [5, 5.41) is 2.83. The number of hydrogen-bond donors (Lipinski definition) is 1. The number of hydrogen-bond acceptors (Lipinski definition) is 5. The molecule has 1 atom stereocenters. The molecule has 2 aromatic carbocycles. The molecule has 2 amide bonds. The van der Waals surface area contributed by atoms with E-state index in [1.165, 1.54) is 4.90 Å². The Hall–Kier alpha value is -3.07. The fourth-order valence-corrected chi connectivity index (χ4v) is 4.36. The van der Waals surface area contributed by atoms with Crippen LogP contribution in [0.15, 0.2) is 54.6 Å². The highest BCUT2D eigenvalue weighted by Crippen LogP contribution is 2.30. The van der Waals surface area contributed by atoms with Crippen molar-refractivity contribution in [1.82, 2.24) is 10.2 Å². The largest absolute Gasteiger partial charge is 0.492 e. The summed E-state index contributed by atoms with van der Waals surface area (Å²) in [6, 6.07) is 15.4. The summed E-state index contributed by atoms with van der Waals surface area (Å²) in [5.41, 5.74) is 1.29. The minimum atomic E-state index is -3.81. The number of para-hydroxylation sites is 2. The van der Waals surface area contributed by atoms with Gasteiger partial charge in [-0.15, -0.1) is 0 Å². The zero-order valence-corrected chi connectivity index (χ0v) is 21.3. The molecule has 0 radical (unpaired) electrons. The van der Waals surface area contributed by atoms with Crippen molar-refractivity contribution in [2.24, 2.45) is 0 Å². The summed E-state index contributed by atoms with van der Waals surface area (Å²) in [6.45, 7) is 7.30. The Labute approximate surface area is 202 Å². The van der Waals surface area contributed by atoms with E-state index in [4.69, 9.17) is 4.74 Å². The van der Waals surface area contributed by atoms with Crippen molar-refractivity contribution in [1.29, 1.82) is 0 Å². The first kappa shape index (κ1) is 27.2. The first-order valence-corrected chi connectivity index (χ1v) is 13.2. The fourth-order valence-electron chi connectivity index (χ4n) is 3.51. The van der Waals surface area contributed by atoms with Crippen LogP contribution in [0.2, 0.25) is 0 Å². The molecule has 0 saturated carbocycles. The van der Waals surface area contributed by atoms with E-state index >= 15 is 0 Å². The van der Waals surface area contributed by atoms with Crippen LogP contribution >= 0.6 is 0 Å². The van der Waals surface area contributed by atoms with Crippen molar-refractivity contribution in [3.05, 3.63) is 60.2 Å². The SMILES string of the molecule is CCOc1ccccc1N(CC(=O)N(CCc1ccccc1)[C@H](C)C(=O)NC(C)C)S(C)(=O)=O. The minimum Gasteiger partial charge on any atom is -0.492 e. The van der Waals surface area contributed by atoms with Gasteiger partial charge in [0.1, 0.15) is 18.3 Å².